The fourth-order valence-corrected chi connectivity index (χ4v) is 4.10. The Kier molecular flexibility index (Phi) is 5.71. The third-order valence-electron chi connectivity index (χ3n) is 3.49. The Hall–Kier alpha value is -2.21. The highest BCUT2D eigenvalue weighted by Gasteiger charge is 2.16. The molecule has 1 N–H and O–H groups in total. The molecule has 0 aliphatic carbocycles. The number of benzene rings is 1. The van der Waals surface area contributed by atoms with Crippen LogP contribution in [0.25, 0.3) is 10.6 Å². The first-order chi connectivity index (χ1) is 12.5. The lowest BCUT2D eigenvalue weighted by Gasteiger charge is -2.05. The largest absolute Gasteiger partial charge is 0.300 e. The molecule has 0 amide bonds. The van der Waals surface area contributed by atoms with Gasteiger partial charge in [-0.05, 0) is 31.2 Å². The van der Waals surface area contributed by atoms with Crippen LogP contribution in [-0.2, 0) is 0 Å². The number of ketones is 1. The number of carbonyl (C=O) groups is 1. The fourth-order valence-electron chi connectivity index (χ4n) is 2.22. The molecule has 5 nitrogen and oxygen atoms in total. The van der Waals surface area contributed by atoms with Crippen LogP contribution >= 0.6 is 39.0 Å². The van der Waals surface area contributed by atoms with E-state index in [-0.39, 0.29) is 17.1 Å². The standard InChI is InChI=1S/C18H12BrN3O2S2/c1-10-2-7-15(26-10)16-13(8-20)17(24)22-18(21-16)25-9-14(23)11-3-5-12(19)6-4-11/h2-7H,9H2,1H3,(H,21,22,24). The third-order valence-corrected chi connectivity index (χ3v) is 5.90. The molecule has 26 heavy (non-hydrogen) atoms. The lowest BCUT2D eigenvalue weighted by atomic mass is 10.2. The van der Waals surface area contributed by atoms with Crippen molar-refractivity contribution in [3.05, 3.63) is 67.2 Å². The van der Waals surface area contributed by atoms with Crippen LogP contribution in [0.4, 0.5) is 0 Å². The van der Waals surface area contributed by atoms with Gasteiger partial charge >= 0.3 is 0 Å². The molecular weight excluding hydrogens is 434 g/mol. The molecule has 0 bridgehead atoms. The quantitative estimate of drug-likeness (QED) is 0.356. The molecule has 0 saturated carbocycles. The number of hydrogen-bond donors (Lipinski definition) is 1. The molecule has 0 radical (unpaired) electrons. The zero-order valence-electron chi connectivity index (χ0n) is 13.6. The van der Waals surface area contributed by atoms with Crippen LogP contribution in [0.3, 0.4) is 0 Å². The Morgan fingerprint density at radius 1 is 1.31 bits per heavy atom. The molecule has 0 fully saturated rings. The number of thiophene rings is 1. The van der Waals surface area contributed by atoms with E-state index in [1.54, 1.807) is 24.3 Å². The molecule has 0 unspecified atom stereocenters. The first-order valence-electron chi connectivity index (χ1n) is 7.50. The van der Waals surface area contributed by atoms with Gasteiger partial charge in [0.2, 0.25) is 0 Å². The van der Waals surface area contributed by atoms with E-state index in [2.05, 4.69) is 25.9 Å². The Bertz CT molecular complexity index is 1070. The normalized spacial score (nSPS) is 10.5. The first-order valence-corrected chi connectivity index (χ1v) is 10.1. The van der Waals surface area contributed by atoms with E-state index >= 15 is 0 Å². The van der Waals surface area contributed by atoms with Crippen LogP contribution in [0, 0.1) is 18.3 Å². The zero-order chi connectivity index (χ0) is 18.7. The molecule has 3 rings (SSSR count). The number of Topliss-reactive ketones (excluding diaryl/α,β-unsaturated/α-hetero) is 1. The summed E-state index contributed by atoms with van der Waals surface area (Å²) < 4.78 is 0.899. The molecule has 0 atom stereocenters. The van der Waals surface area contributed by atoms with Crippen LogP contribution < -0.4 is 5.56 Å². The number of hydrogen-bond acceptors (Lipinski definition) is 6. The molecule has 0 aliphatic rings. The highest BCUT2D eigenvalue weighted by molar-refractivity contribution is 9.10. The van der Waals surface area contributed by atoms with Gasteiger partial charge in [-0.1, -0.05) is 39.8 Å². The Morgan fingerprint density at radius 3 is 2.65 bits per heavy atom. The molecule has 130 valence electrons. The molecule has 2 heterocycles. The number of thioether (sulfide) groups is 1. The topological polar surface area (TPSA) is 86.6 Å². The van der Waals surface area contributed by atoms with E-state index < -0.39 is 5.56 Å². The fraction of sp³-hybridized carbons (Fsp3) is 0.111. The summed E-state index contributed by atoms with van der Waals surface area (Å²) in [5.41, 5.74) is 0.427. The minimum Gasteiger partial charge on any atom is -0.300 e. The number of H-pyrrole nitrogens is 1. The van der Waals surface area contributed by atoms with Crippen molar-refractivity contribution in [2.24, 2.45) is 0 Å². The van der Waals surface area contributed by atoms with Gasteiger partial charge in [0.05, 0.1) is 10.6 Å². The molecule has 2 aromatic heterocycles. The predicted molar refractivity (Wildman–Crippen MR) is 107 cm³/mol. The number of carbonyl (C=O) groups excluding carboxylic acids is 1. The molecule has 3 aromatic rings. The van der Waals surface area contributed by atoms with Gasteiger partial charge in [-0.15, -0.1) is 11.3 Å². The van der Waals surface area contributed by atoms with Crippen molar-refractivity contribution >= 4 is 44.8 Å². The maximum atomic E-state index is 12.3. The molecule has 8 heteroatoms. The van der Waals surface area contributed by atoms with Crippen molar-refractivity contribution in [3.8, 4) is 16.6 Å². The third kappa shape index (κ3) is 4.12. The van der Waals surface area contributed by atoms with Crippen LogP contribution in [-0.4, -0.2) is 21.5 Å². The summed E-state index contributed by atoms with van der Waals surface area (Å²) in [5.74, 6) is 0.0716. The summed E-state index contributed by atoms with van der Waals surface area (Å²) in [7, 11) is 0. The number of nitrogens with one attached hydrogen (secondary N) is 1. The van der Waals surface area contributed by atoms with Crippen molar-refractivity contribution in [1.82, 2.24) is 9.97 Å². The van der Waals surface area contributed by atoms with Gasteiger partial charge in [0.15, 0.2) is 10.9 Å². The summed E-state index contributed by atoms with van der Waals surface area (Å²) in [5, 5.41) is 9.60. The number of nitriles is 1. The van der Waals surface area contributed by atoms with E-state index in [0.29, 0.717) is 16.4 Å². The van der Waals surface area contributed by atoms with Crippen LogP contribution in [0.2, 0.25) is 0 Å². The summed E-state index contributed by atoms with van der Waals surface area (Å²) >= 11 is 5.94. The number of rotatable bonds is 5. The van der Waals surface area contributed by atoms with E-state index in [9.17, 15) is 14.9 Å². The van der Waals surface area contributed by atoms with Gasteiger partial charge < -0.3 is 4.98 Å². The van der Waals surface area contributed by atoms with E-state index in [4.69, 9.17) is 0 Å². The number of aryl methyl sites for hydroxylation is 1. The van der Waals surface area contributed by atoms with Crippen molar-refractivity contribution < 1.29 is 4.79 Å². The SMILES string of the molecule is Cc1ccc(-c2nc(SCC(=O)c3ccc(Br)cc3)[nH]c(=O)c2C#N)s1. The van der Waals surface area contributed by atoms with Crippen molar-refractivity contribution in [3.63, 3.8) is 0 Å². The smallest absolute Gasteiger partial charge is 0.270 e. The Balaban J connectivity index is 1.86. The van der Waals surface area contributed by atoms with Gasteiger partial charge in [0.1, 0.15) is 17.3 Å². The highest BCUT2D eigenvalue weighted by atomic mass is 79.9. The maximum Gasteiger partial charge on any atom is 0.270 e. The summed E-state index contributed by atoms with van der Waals surface area (Å²) in [6, 6.07) is 12.7. The summed E-state index contributed by atoms with van der Waals surface area (Å²) in [6.07, 6.45) is 0. The summed E-state index contributed by atoms with van der Waals surface area (Å²) in [4.78, 5) is 33.3. The van der Waals surface area contributed by atoms with Gasteiger partial charge in [0, 0.05) is 14.9 Å². The van der Waals surface area contributed by atoms with Gasteiger partial charge in [0.25, 0.3) is 5.56 Å². The number of aromatic nitrogens is 2. The van der Waals surface area contributed by atoms with Gasteiger partial charge in [-0.3, -0.25) is 9.59 Å². The zero-order valence-corrected chi connectivity index (χ0v) is 16.8. The monoisotopic (exact) mass is 445 g/mol. The highest BCUT2D eigenvalue weighted by Crippen LogP contribution is 2.28. The second-order valence-electron chi connectivity index (χ2n) is 5.34. The van der Waals surface area contributed by atoms with E-state index in [0.717, 1.165) is 26.0 Å². The van der Waals surface area contributed by atoms with Crippen LogP contribution in [0.15, 0.2) is 50.8 Å². The van der Waals surface area contributed by atoms with Crippen molar-refractivity contribution in [2.75, 3.05) is 5.75 Å². The first kappa shape index (κ1) is 18.6. The van der Waals surface area contributed by atoms with Crippen LogP contribution in [0.1, 0.15) is 20.8 Å². The maximum absolute atomic E-state index is 12.3. The Labute approximate surface area is 166 Å². The molecular formula is C18H12BrN3O2S2. The molecule has 1 aromatic carbocycles. The predicted octanol–water partition coefficient (Wildman–Crippen LogP) is 4.42. The van der Waals surface area contributed by atoms with Gasteiger partial charge in [-0.2, -0.15) is 5.26 Å². The molecule has 0 aliphatic heterocycles. The average Bonchev–Trinajstić information content (AvgIpc) is 3.06. The Morgan fingerprint density at radius 2 is 2.04 bits per heavy atom. The van der Waals surface area contributed by atoms with E-state index in [1.165, 1.54) is 11.3 Å². The lowest BCUT2D eigenvalue weighted by Crippen LogP contribution is -2.15. The summed E-state index contributed by atoms with van der Waals surface area (Å²) in [6.45, 7) is 1.94. The minimum absolute atomic E-state index is 0.0181. The van der Waals surface area contributed by atoms with Crippen LogP contribution in [0.5, 0.6) is 0 Å². The van der Waals surface area contributed by atoms with Crippen molar-refractivity contribution in [1.29, 1.82) is 5.26 Å². The second-order valence-corrected chi connectivity index (χ2v) is 8.50. The molecule has 0 spiro atoms. The number of nitrogens with zero attached hydrogens (tertiary/aromatic N) is 2. The second kappa shape index (κ2) is 7.99. The average molecular weight is 446 g/mol. The lowest BCUT2D eigenvalue weighted by molar-refractivity contribution is 0.102. The number of halogens is 1. The number of aromatic amines is 1. The molecule has 0 saturated heterocycles. The minimum atomic E-state index is -0.498. The van der Waals surface area contributed by atoms with Crippen molar-refractivity contribution in [2.45, 2.75) is 12.1 Å². The van der Waals surface area contributed by atoms with Gasteiger partial charge in [-0.25, -0.2) is 4.98 Å². The van der Waals surface area contributed by atoms with E-state index in [1.807, 2.05) is 25.1 Å².